The molecule has 3 aliphatic heterocycles. The summed E-state index contributed by atoms with van der Waals surface area (Å²) >= 11 is 0. The van der Waals surface area contributed by atoms with E-state index in [0.717, 1.165) is 54.5 Å². The Kier molecular flexibility index (Phi) is 7.40. The minimum absolute atomic E-state index is 0.106. The van der Waals surface area contributed by atoms with Crippen LogP contribution in [0, 0.1) is 11.3 Å². The SMILES string of the molecule is N#Cc1cc(-c2ncnc3c2N=C(c2ccc(N4CCOCC4)cc2)C3)ccc1OC1CCN(C(=O)CO)CC1. The highest BCUT2D eigenvalue weighted by atomic mass is 16.5. The molecule has 0 aliphatic carbocycles. The normalized spacial score (nSPS) is 17.2. The molecular weight excluding hydrogens is 508 g/mol. The van der Waals surface area contributed by atoms with Gasteiger partial charge in [0.25, 0.3) is 0 Å². The number of fused-ring (bicyclic) bond motifs is 1. The van der Waals surface area contributed by atoms with Crippen molar-refractivity contribution in [2.24, 2.45) is 4.99 Å². The van der Waals surface area contributed by atoms with E-state index in [-0.39, 0.29) is 12.0 Å². The number of benzene rings is 2. The number of likely N-dealkylation sites (tertiary alicyclic amines) is 1. The van der Waals surface area contributed by atoms with Crippen molar-refractivity contribution in [1.82, 2.24) is 14.9 Å². The van der Waals surface area contributed by atoms with Gasteiger partial charge in [-0.05, 0) is 35.9 Å². The van der Waals surface area contributed by atoms with Gasteiger partial charge in [-0.15, -0.1) is 0 Å². The molecule has 40 heavy (non-hydrogen) atoms. The van der Waals surface area contributed by atoms with Gasteiger partial charge in [-0.25, -0.2) is 15.0 Å². The van der Waals surface area contributed by atoms with E-state index in [1.165, 1.54) is 5.69 Å². The number of rotatable bonds is 6. The summed E-state index contributed by atoms with van der Waals surface area (Å²) in [6.45, 7) is 3.84. The molecule has 10 nitrogen and oxygen atoms in total. The summed E-state index contributed by atoms with van der Waals surface area (Å²) < 4.78 is 11.6. The highest BCUT2D eigenvalue weighted by molar-refractivity contribution is 6.07. The van der Waals surface area contributed by atoms with Gasteiger partial charge in [-0.3, -0.25) is 4.79 Å². The molecule has 0 radical (unpaired) electrons. The summed E-state index contributed by atoms with van der Waals surface area (Å²) in [5.41, 5.74) is 6.64. The molecule has 2 saturated heterocycles. The van der Waals surface area contributed by atoms with Gasteiger partial charge in [0.1, 0.15) is 36.5 Å². The quantitative estimate of drug-likeness (QED) is 0.508. The van der Waals surface area contributed by atoms with Crippen LogP contribution in [0.2, 0.25) is 0 Å². The molecule has 2 aromatic carbocycles. The lowest BCUT2D eigenvalue weighted by Gasteiger charge is -2.32. The number of aliphatic hydroxyl groups excluding tert-OH is 1. The lowest BCUT2D eigenvalue weighted by atomic mass is 10.0. The lowest BCUT2D eigenvalue weighted by molar-refractivity contribution is -0.135. The number of morpholine rings is 1. The molecule has 1 amide bonds. The number of aliphatic hydroxyl groups is 1. The van der Waals surface area contributed by atoms with Crippen molar-refractivity contribution < 1.29 is 19.4 Å². The summed E-state index contributed by atoms with van der Waals surface area (Å²) in [7, 11) is 0. The fourth-order valence-corrected chi connectivity index (χ4v) is 5.43. The molecular formula is C30H30N6O4. The van der Waals surface area contributed by atoms with E-state index < -0.39 is 6.61 Å². The van der Waals surface area contributed by atoms with E-state index in [9.17, 15) is 10.1 Å². The molecule has 2 fully saturated rings. The second-order valence-corrected chi connectivity index (χ2v) is 10.1. The summed E-state index contributed by atoms with van der Waals surface area (Å²) in [5.74, 6) is 0.238. The first-order chi connectivity index (χ1) is 19.6. The van der Waals surface area contributed by atoms with E-state index in [1.54, 1.807) is 23.4 Å². The van der Waals surface area contributed by atoms with Gasteiger partial charge in [-0.1, -0.05) is 12.1 Å². The van der Waals surface area contributed by atoms with Crippen molar-refractivity contribution in [2.75, 3.05) is 50.9 Å². The highest BCUT2D eigenvalue weighted by Crippen LogP contribution is 2.37. The fourth-order valence-electron chi connectivity index (χ4n) is 5.43. The molecule has 0 saturated carbocycles. The second kappa shape index (κ2) is 11.4. The molecule has 0 bridgehead atoms. The van der Waals surface area contributed by atoms with Crippen LogP contribution in [0.25, 0.3) is 11.3 Å². The lowest BCUT2D eigenvalue weighted by Crippen LogP contribution is -2.42. The predicted molar refractivity (Wildman–Crippen MR) is 149 cm³/mol. The molecule has 10 heteroatoms. The molecule has 4 heterocycles. The van der Waals surface area contributed by atoms with E-state index in [1.807, 2.05) is 6.07 Å². The topological polar surface area (TPSA) is 124 Å². The van der Waals surface area contributed by atoms with Gasteiger partial charge in [0.05, 0.1) is 35.9 Å². The van der Waals surface area contributed by atoms with Gasteiger partial charge in [0.2, 0.25) is 5.91 Å². The van der Waals surface area contributed by atoms with Crippen molar-refractivity contribution in [3.8, 4) is 23.1 Å². The summed E-state index contributed by atoms with van der Waals surface area (Å²) in [6.07, 6.45) is 3.34. The average molecular weight is 539 g/mol. The van der Waals surface area contributed by atoms with Crippen molar-refractivity contribution in [1.29, 1.82) is 5.26 Å². The number of carbonyl (C=O) groups excluding carboxylic acids is 1. The molecule has 1 N–H and O–H groups in total. The minimum Gasteiger partial charge on any atom is -0.489 e. The molecule has 6 rings (SSSR count). The van der Waals surface area contributed by atoms with Crippen LogP contribution in [0.3, 0.4) is 0 Å². The molecule has 0 unspecified atom stereocenters. The Bertz CT molecular complexity index is 1470. The first kappa shape index (κ1) is 25.9. The zero-order chi connectivity index (χ0) is 27.5. The number of ether oxygens (including phenoxy) is 2. The third-order valence-corrected chi connectivity index (χ3v) is 7.65. The highest BCUT2D eigenvalue weighted by Gasteiger charge is 2.26. The number of nitriles is 1. The van der Waals surface area contributed by atoms with Crippen LogP contribution in [-0.4, -0.2) is 83.7 Å². The van der Waals surface area contributed by atoms with E-state index in [2.05, 4.69) is 45.2 Å². The number of piperidine rings is 1. The Hall–Kier alpha value is -4.33. The van der Waals surface area contributed by atoms with Gasteiger partial charge < -0.3 is 24.4 Å². The van der Waals surface area contributed by atoms with Crippen LogP contribution in [0.4, 0.5) is 11.4 Å². The maximum absolute atomic E-state index is 11.7. The average Bonchev–Trinajstić information content (AvgIpc) is 3.46. The number of anilines is 1. The van der Waals surface area contributed by atoms with Gasteiger partial charge in [0.15, 0.2) is 0 Å². The third kappa shape index (κ3) is 5.26. The zero-order valence-electron chi connectivity index (χ0n) is 22.1. The van der Waals surface area contributed by atoms with Crippen LogP contribution < -0.4 is 9.64 Å². The number of aliphatic imine (C=N–C) groups is 1. The van der Waals surface area contributed by atoms with Gasteiger partial charge in [0, 0.05) is 56.7 Å². The molecule has 0 spiro atoms. The van der Waals surface area contributed by atoms with Crippen LogP contribution in [0.1, 0.15) is 29.7 Å². The Balaban J connectivity index is 1.19. The predicted octanol–water partition coefficient (Wildman–Crippen LogP) is 2.89. The first-order valence-electron chi connectivity index (χ1n) is 13.6. The summed E-state index contributed by atoms with van der Waals surface area (Å²) in [4.78, 5) is 29.6. The number of hydrogen-bond acceptors (Lipinski definition) is 9. The molecule has 0 atom stereocenters. The van der Waals surface area contributed by atoms with Crippen molar-refractivity contribution in [3.63, 3.8) is 0 Å². The summed E-state index contributed by atoms with van der Waals surface area (Å²) in [5, 5.41) is 19.0. The Morgan fingerprint density at radius 2 is 1.80 bits per heavy atom. The van der Waals surface area contributed by atoms with Crippen LogP contribution in [0.15, 0.2) is 53.8 Å². The first-order valence-corrected chi connectivity index (χ1v) is 13.6. The van der Waals surface area contributed by atoms with Crippen molar-refractivity contribution >= 4 is 23.0 Å². The number of carbonyl (C=O) groups is 1. The number of hydrogen-bond donors (Lipinski definition) is 1. The maximum Gasteiger partial charge on any atom is 0.248 e. The minimum atomic E-state index is -0.481. The van der Waals surface area contributed by atoms with Crippen LogP contribution >= 0.6 is 0 Å². The Morgan fingerprint density at radius 1 is 1.05 bits per heavy atom. The number of aromatic nitrogens is 2. The molecule has 3 aliphatic rings. The Morgan fingerprint density at radius 3 is 2.52 bits per heavy atom. The number of amides is 1. The van der Waals surface area contributed by atoms with E-state index >= 15 is 0 Å². The van der Waals surface area contributed by atoms with Crippen LogP contribution in [0.5, 0.6) is 5.75 Å². The standard InChI is InChI=1S/C30H30N6O4/c31-17-22-15-21(3-6-27(22)40-24-7-9-36(10-8-24)28(38)18-37)29-30-26(32-19-33-29)16-25(34-30)20-1-4-23(5-2-20)35-11-13-39-14-12-35/h1-6,15,19,24,37H,7-14,16,18H2. The molecule has 1 aromatic heterocycles. The van der Waals surface area contributed by atoms with Gasteiger partial charge in [-0.2, -0.15) is 5.26 Å². The smallest absolute Gasteiger partial charge is 0.248 e. The maximum atomic E-state index is 11.7. The van der Waals surface area contributed by atoms with Crippen molar-refractivity contribution in [3.05, 3.63) is 65.6 Å². The van der Waals surface area contributed by atoms with E-state index in [0.29, 0.717) is 49.4 Å². The summed E-state index contributed by atoms with van der Waals surface area (Å²) in [6, 6.07) is 16.2. The number of nitrogens with zero attached hydrogens (tertiary/aromatic N) is 6. The van der Waals surface area contributed by atoms with E-state index in [4.69, 9.17) is 19.6 Å². The second-order valence-electron chi connectivity index (χ2n) is 10.1. The van der Waals surface area contributed by atoms with Gasteiger partial charge >= 0.3 is 0 Å². The zero-order valence-corrected chi connectivity index (χ0v) is 22.1. The Labute approximate surface area is 232 Å². The van der Waals surface area contributed by atoms with Crippen LogP contribution in [-0.2, 0) is 16.0 Å². The third-order valence-electron chi connectivity index (χ3n) is 7.65. The monoisotopic (exact) mass is 538 g/mol. The fraction of sp³-hybridized carbons (Fsp3) is 0.367. The molecule has 3 aromatic rings. The van der Waals surface area contributed by atoms with Crippen molar-refractivity contribution in [2.45, 2.75) is 25.4 Å². The largest absolute Gasteiger partial charge is 0.489 e. The molecule has 204 valence electrons.